The molecule has 0 radical (unpaired) electrons. The SMILES string of the molecule is COc1ccc(C(C)(O)c2ccccc2F)cc1F. The van der Waals surface area contributed by atoms with Gasteiger partial charge in [0.2, 0.25) is 0 Å². The van der Waals surface area contributed by atoms with Crippen molar-refractivity contribution in [3.63, 3.8) is 0 Å². The highest BCUT2D eigenvalue weighted by atomic mass is 19.1. The Morgan fingerprint density at radius 3 is 2.32 bits per heavy atom. The summed E-state index contributed by atoms with van der Waals surface area (Å²) in [7, 11) is 1.35. The molecule has 0 spiro atoms. The minimum absolute atomic E-state index is 0.0769. The number of ether oxygens (including phenoxy) is 1. The van der Waals surface area contributed by atoms with E-state index < -0.39 is 17.2 Å². The van der Waals surface area contributed by atoms with Crippen molar-refractivity contribution in [2.24, 2.45) is 0 Å². The zero-order valence-corrected chi connectivity index (χ0v) is 10.7. The van der Waals surface area contributed by atoms with Crippen LogP contribution in [-0.4, -0.2) is 12.2 Å². The van der Waals surface area contributed by atoms with Crippen LogP contribution in [-0.2, 0) is 5.60 Å². The number of aliphatic hydroxyl groups is 1. The average Bonchev–Trinajstić information content (AvgIpc) is 2.39. The van der Waals surface area contributed by atoms with Gasteiger partial charge in [0, 0.05) is 5.56 Å². The van der Waals surface area contributed by atoms with Gasteiger partial charge < -0.3 is 9.84 Å². The first-order valence-electron chi connectivity index (χ1n) is 5.78. The van der Waals surface area contributed by atoms with Gasteiger partial charge in [-0.1, -0.05) is 24.3 Å². The monoisotopic (exact) mass is 264 g/mol. The molecule has 4 heteroatoms. The highest BCUT2D eigenvalue weighted by molar-refractivity contribution is 5.39. The minimum Gasteiger partial charge on any atom is -0.494 e. The second-order valence-corrected chi connectivity index (χ2v) is 4.40. The van der Waals surface area contributed by atoms with E-state index in [2.05, 4.69) is 0 Å². The minimum atomic E-state index is -1.61. The number of halogens is 2. The summed E-state index contributed by atoms with van der Waals surface area (Å²) in [6, 6.07) is 9.93. The van der Waals surface area contributed by atoms with E-state index in [1.165, 1.54) is 44.4 Å². The fourth-order valence-corrected chi connectivity index (χ4v) is 1.98. The van der Waals surface area contributed by atoms with Crippen molar-refractivity contribution in [3.8, 4) is 5.75 Å². The maximum absolute atomic E-state index is 13.7. The molecule has 2 aromatic rings. The van der Waals surface area contributed by atoms with Crippen LogP contribution < -0.4 is 4.74 Å². The predicted molar refractivity (Wildman–Crippen MR) is 68.0 cm³/mol. The van der Waals surface area contributed by atoms with E-state index in [9.17, 15) is 13.9 Å². The van der Waals surface area contributed by atoms with Crippen molar-refractivity contribution in [2.45, 2.75) is 12.5 Å². The largest absolute Gasteiger partial charge is 0.494 e. The zero-order chi connectivity index (χ0) is 14.0. The number of hydrogen-bond donors (Lipinski definition) is 1. The Morgan fingerprint density at radius 1 is 1.05 bits per heavy atom. The predicted octanol–water partition coefficient (Wildman–Crippen LogP) is 3.23. The summed E-state index contributed by atoms with van der Waals surface area (Å²) in [5.74, 6) is -1.06. The molecule has 0 amide bonds. The van der Waals surface area contributed by atoms with Crippen LogP contribution in [0.25, 0.3) is 0 Å². The van der Waals surface area contributed by atoms with Gasteiger partial charge in [-0.25, -0.2) is 8.78 Å². The third-order valence-corrected chi connectivity index (χ3v) is 3.11. The van der Waals surface area contributed by atoms with Crippen molar-refractivity contribution in [2.75, 3.05) is 7.11 Å². The zero-order valence-electron chi connectivity index (χ0n) is 10.7. The lowest BCUT2D eigenvalue weighted by Crippen LogP contribution is -2.24. The third-order valence-electron chi connectivity index (χ3n) is 3.11. The second-order valence-electron chi connectivity index (χ2n) is 4.40. The summed E-state index contributed by atoms with van der Waals surface area (Å²) >= 11 is 0. The molecule has 0 saturated carbocycles. The molecule has 0 saturated heterocycles. The van der Waals surface area contributed by atoms with Crippen LogP contribution in [0.15, 0.2) is 42.5 Å². The molecule has 0 fully saturated rings. The topological polar surface area (TPSA) is 29.5 Å². The second kappa shape index (κ2) is 4.97. The molecule has 0 heterocycles. The molecule has 1 atom stereocenters. The van der Waals surface area contributed by atoms with Gasteiger partial charge in [0.15, 0.2) is 11.6 Å². The molecule has 19 heavy (non-hydrogen) atoms. The first kappa shape index (κ1) is 13.5. The van der Waals surface area contributed by atoms with Crippen molar-refractivity contribution in [1.29, 1.82) is 0 Å². The lowest BCUT2D eigenvalue weighted by atomic mass is 9.88. The van der Waals surface area contributed by atoms with Gasteiger partial charge in [-0.3, -0.25) is 0 Å². The highest BCUT2D eigenvalue weighted by Crippen LogP contribution is 2.32. The fraction of sp³-hybridized carbons (Fsp3) is 0.200. The molecular formula is C15H14F2O2. The Bertz CT molecular complexity index is 594. The van der Waals surface area contributed by atoms with Gasteiger partial charge in [0.05, 0.1) is 7.11 Å². The molecular weight excluding hydrogens is 250 g/mol. The molecule has 2 aromatic carbocycles. The summed E-state index contributed by atoms with van der Waals surface area (Å²) in [6.07, 6.45) is 0. The van der Waals surface area contributed by atoms with Crippen molar-refractivity contribution in [3.05, 3.63) is 65.2 Å². The number of methoxy groups -OCH3 is 1. The lowest BCUT2D eigenvalue weighted by Gasteiger charge is -2.25. The van der Waals surface area contributed by atoms with Crippen LogP contribution in [0.4, 0.5) is 8.78 Å². The summed E-state index contributed by atoms with van der Waals surface area (Å²) in [5, 5.41) is 10.5. The molecule has 0 aliphatic carbocycles. The first-order chi connectivity index (χ1) is 8.96. The van der Waals surface area contributed by atoms with E-state index in [0.29, 0.717) is 0 Å². The Kier molecular flexibility index (Phi) is 3.53. The van der Waals surface area contributed by atoms with Crippen LogP contribution in [0.2, 0.25) is 0 Å². The molecule has 1 N–H and O–H groups in total. The van der Waals surface area contributed by atoms with E-state index >= 15 is 0 Å². The Balaban J connectivity index is 2.50. The Morgan fingerprint density at radius 2 is 1.74 bits per heavy atom. The quantitative estimate of drug-likeness (QED) is 0.922. The normalized spacial score (nSPS) is 13.9. The molecule has 0 aliphatic rings. The van der Waals surface area contributed by atoms with Crippen LogP contribution in [0, 0.1) is 11.6 Å². The number of hydrogen-bond acceptors (Lipinski definition) is 2. The molecule has 0 aromatic heterocycles. The lowest BCUT2D eigenvalue weighted by molar-refractivity contribution is 0.0975. The fourth-order valence-electron chi connectivity index (χ4n) is 1.98. The van der Waals surface area contributed by atoms with E-state index in [0.717, 1.165) is 6.07 Å². The maximum atomic E-state index is 13.7. The molecule has 2 nitrogen and oxygen atoms in total. The van der Waals surface area contributed by atoms with Crippen molar-refractivity contribution in [1.82, 2.24) is 0 Å². The highest BCUT2D eigenvalue weighted by Gasteiger charge is 2.29. The molecule has 100 valence electrons. The van der Waals surface area contributed by atoms with Crippen molar-refractivity contribution < 1.29 is 18.6 Å². The van der Waals surface area contributed by atoms with Gasteiger partial charge in [-0.05, 0) is 30.7 Å². The molecule has 0 bridgehead atoms. The summed E-state index contributed by atoms with van der Waals surface area (Å²) < 4.78 is 32.2. The average molecular weight is 264 g/mol. The number of benzene rings is 2. The maximum Gasteiger partial charge on any atom is 0.165 e. The Labute approximate surface area is 110 Å². The van der Waals surface area contributed by atoms with E-state index in [4.69, 9.17) is 4.74 Å². The summed E-state index contributed by atoms with van der Waals surface area (Å²) in [6.45, 7) is 1.42. The third kappa shape index (κ3) is 2.44. The summed E-state index contributed by atoms with van der Waals surface area (Å²) in [4.78, 5) is 0. The van der Waals surface area contributed by atoms with Crippen LogP contribution >= 0.6 is 0 Å². The first-order valence-corrected chi connectivity index (χ1v) is 5.78. The van der Waals surface area contributed by atoms with Crippen LogP contribution in [0.3, 0.4) is 0 Å². The molecule has 1 unspecified atom stereocenters. The van der Waals surface area contributed by atoms with Gasteiger partial charge in [-0.15, -0.1) is 0 Å². The van der Waals surface area contributed by atoms with Crippen molar-refractivity contribution >= 4 is 0 Å². The number of rotatable bonds is 3. The standard InChI is InChI=1S/C15H14F2O2/c1-15(18,11-5-3-4-6-12(11)16)10-7-8-14(19-2)13(17)9-10/h3-9,18H,1-2H3. The Hall–Kier alpha value is -1.94. The van der Waals surface area contributed by atoms with Gasteiger partial charge in [-0.2, -0.15) is 0 Å². The smallest absolute Gasteiger partial charge is 0.165 e. The summed E-state index contributed by atoms with van der Waals surface area (Å²) in [5.41, 5.74) is -1.26. The van der Waals surface area contributed by atoms with Gasteiger partial charge >= 0.3 is 0 Å². The van der Waals surface area contributed by atoms with E-state index in [1.807, 2.05) is 0 Å². The van der Waals surface area contributed by atoms with Gasteiger partial charge in [0.1, 0.15) is 11.4 Å². The van der Waals surface area contributed by atoms with Gasteiger partial charge in [0.25, 0.3) is 0 Å². The van der Waals surface area contributed by atoms with E-state index in [1.54, 1.807) is 6.07 Å². The molecule has 0 aliphatic heterocycles. The van der Waals surface area contributed by atoms with Crippen LogP contribution in [0.1, 0.15) is 18.1 Å². The van der Waals surface area contributed by atoms with E-state index in [-0.39, 0.29) is 16.9 Å². The molecule has 2 rings (SSSR count). The van der Waals surface area contributed by atoms with Crippen LogP contribution in [0.5, 0.6) is 5.75 Å².